The van der Waals surface area contributed by atoms with E-state index in [1.807, 2.05) is 42.6 Å². The van der Waals surface area contributed by atoms with Crippen LogP contribution in [0.2, 0.25) is 0 Å². The fraction of sp³-hybridized carbons (Fsp3) is 0. The smallest absolute Gasteiger partial charge is 0.147 e. The van der Waals surface area contributed by atoms with Crippen molar-refractivity contribution in [3.05, 3.63) is 151 Å². The molecule has 47 heavy (non-hydrogen) atoms. The second-order valence-electron chi connectivity index (χ2n) is 11.9. The fourth-order valence-corrected chi connectivity index (χ4v) is 7.37. The van der Waals surface area contributed by atoms with E-state index in [0.29, 0.717) is 5.56 Å². The summed E-state index contributed by atoms with van der Waals surface area (Å²) in [5.74, 6) is 0. The SMILES string of the molecule is N#Cc1cc(-c2cccc(-n3c4cccnc4c4c5oc6ccccc6c5ccc43)c2)cc(-n2c3ccccc3c3ccccc32)c1. The van der Waals surface area contributed by atoms with Crippen LogP contribution in [-0.2, 0) is 0 Å². The van der Waals surface area contributed by atoms with Crippen molar-refractivity contribution in [3.63, 3.8) is 0 Å². The minimum atomic E-state index is 0.609. The van der Waals surface area contributed by atoms with Crippen LogP contribution in [0.4, 0.5) is 0 Å². The predicted molar refractivity (Wildman–Crippen MR) is 190 cm³/mol. The lowest BCUT2D eigenvalue weighted by atomic mass is 10.0. The van der Waals surface area contributed by atoms with Gasteiger partial charge < -0.3 is 13.6 Å². The highest BCUT2D eigenvalue weighted by Crippen LogP contribution is 2.40. The molecule has 5 nitrogen and oxygen atoms in total. The summed E-state index contributed by atoms with van der Waals surface area (Å²) in [5.41, 5.74) is 11.4. The summed E-state index contributed by atoms with van der Waals surface area (Å²) in [6.07, 6.45) is 1.84. The molecule has 6 aromatic carbocycles. The van der Waals surface area contributed by atoms with Gasteiger partial charge in [0.15, 0.2) is 0 Å². The van der Waals surface area contributed by atoms with Gasteiger partial charge in [0.25, 0.3) is 0 Å². The Bertz CT molecular complexity index is 2880. The highest BCUT2D eigenvalue weighted by atomic mass is 16.3. The number of nitrogens with zero attached hydrogens (tertiary/aromatic N) is 4. The van der Waals surface area contributed by atoms with Crippen LogP contribution < -0.4 is 0 Å². The maximum Gasteiger partial charge on any atom is 0.147 e. The standard InChI is InChI=1S/C42H24N4O/c43-25-26-21-28(24-30(22-26)46-35-14-4-1-11-31(35)32-12-2-5-15-36(32)46)27-9-7-10-29(23-27)45-37-19-18-34-33-13-3-6-17-39(33)47-42(34)40(37)41-38(45)16-8-20-44-41/h1-24H. The molecule has 0 unspecified atom stereocenters. The van der Waals surface area contributed by atoms with Gasteiger partial charge in [-0.3, -0.25) is 4.98 Å². The molecule has 218 valence electrons. The minimum absolute atomic E-state index is 0.609. The van der Waals surface area contributed by atoms with Crippen LogP contribution in [0.5, 0.6) is 0 Å². The number of pyridine rings is 1. The maximum atomic E-state index is 10.2. The van der Waals surface area contributed by atoms with Crippen molar-refractivity contribution < 1.29 is 4.42 Å². The fourth-order valence-electron chi connectivity index (χ4n) is 7.37. The van der Waals surface area contributed by atoms with Crippen LogP contribution in [0.1, 0.15) is 5.56 Å². The third-order valence-electron chi connectivity index (χ3n) is 9.35. The molecule has 0 spiro atoms. The summed E-state index contributed by atoms with van der Waals surface area (Å²) in [6, 6.07) is 50.5. The molecule has 0 saturated heterocycles. The zero-order chi connectivity index (χ0) is 31.1. The lowest BCUT2D eigenvalue weighted by Gasteiger charge is -2.13. The van der Waals surface area contributed by atoms with Crippen LogP contribution in [0.3, 0.4) is 0 Å². The molecule has 4 aromatic heterocycles. The van der Waals surface area contributed by atoms with Crippen LogP contribution in [0.15, 0.2) is 150 Å². The van der Waals surface area contributed by atoms with Crippen LogP contribution in [-0.4, -0.2) is 14.1 Å². The number of para-hydroxylation sites is 3. The molecule has 0 amide bonds. The number of aromatic nitrogens is 3. The molecular formula is C42H24N4O. The van der Waals surface area contributed by atoms with Gasteiger partial charge in [0, 0.05) is 39.1 Å². The highest BCUT2D eigenvalue weighted by Gasteiger charge is 2.20. The molecule has 5 heteroatoms. The topological polar surface area (TPSA) is 59.7 Å². The Morgan fingerprint density at radius 2 is 1.23 bits per heavy atom. The lowest BCUT2D eigenvalue weighted by molar-refractivity contribution is 0.673. The molecule has 0 fully saturated rings. The summed E-state index contributed by atoms with van der Waals surface area (Å²) >= 11 is 0. The van der Waals surface area contributed by atoms with Gasteiger partial charge in [-0.05, 0) is 83.9 Å². The molecule has 0 N–H and O–H groups in total. The molecule has 0 bridgehead atoms. The van der Waals surface area contributed by atoms with Gasteiger partial charge in [0.1, 0.15) is 16.7 Å². The first-order chi connectivity index (χ1) is 23.3. The minimum Gasteiger partial charge on any atom is -0.455 e. The van der Waals surface area contributed by atoms with Crippen molar-refractivity contribution in [2.75, 3.05) is 0 Å². The summed E-state index contributed by atoms with van der Waals surface area (Å²) < 4.78 is 11.0. The van der Waals surface area contributed by atoms with E-state index in [4.69, 9.17) is 9.40 Å². The number of benzene rings is 6. The molecule has 0 aliphatic rings. The third-order valence-corrected chi connectivity index (χ3v) is 9.35. The van der Waals surface area contributed by atoms with Gasteiger partial charge in [-0.15, -0.1) is 0 Å². The van der Waals surface area contributed by atoms with Crippen molar-refractivity contribution in [2.24, 2.45) is 0 Å². The van der Waals surface area contributed by atoms with Gasteiger partial charge in [-0.25, -0.2) is 0 Å². The number of fused-ring (bicyclic) bond motifs is 10. The molecule has 0 saturated carbocycles. The van der Waals surface area contributed by atoms with E-state index >= 15 is 0 Å². The van der Waals surface area contributed by atoms with Crippen LogP contribution in [0.25, 0.3) is 88.2 Å². The van der Waals surface area contributed by atoms with Gasteiger partial charge in [-0.2, -0.15) is 5.26 Å². The van der Waals surface area contributed by atoms with Crippen molar-refractivity contribution in [1.82, 2.24) is 14.1 Å². The Hall–Kier alpha value is -6.64. The molecule has 0 radical (unpaired) electrons. The Morgan fingerprint density at radius 1 is 0.532 bits per heavy atom. The zero-order valence-corrected chi connectivity index (χ0v) is 25.1. The first-order valence-electron chi connectivity index (χ1n) is 15.6. The summed E-state index contributed by atoms with van der Waals surface area (Å²) in [4.78, 5) is 4.85. The van der Waals surface area contributed by atoms with E-state index in [-0.39, 0.29) is 0 Å². The number of hydrogen-bond donors (Lipinski definition) is 0. The zero-order valence-electron chi connectivity index (χ0n) is 25.1. The molecular weight excluding hydrogens is 576 g/mol. The Morgan fingerprint density at radius 3 is 2.04 bits per heavy atom. The predicted octanol–water partition coefficient (Wildman–Crippen LogP) is 10.7. The number of hydrogen-bond acceptors (Lipinski definition) is 3. The second kappa shape index (κ2) is 9.68. The lowest BCUT2D eigenvalue weighted by Crippen LogP contribution is -1.97. The van der Waals surface area contributed by atoms with Crippen molar-refractivity contribution in [2.45, 2.75) is 0 Å². The van der Waals surface area contributed by atoms with Crippen molar-refractivity contribution >= 4 is 65.7 Å². The Labute approximate surface area is 268 Å². The van der Waals surface area contributed by atoms with E-state index < -0.39 is 0 Å². The van der Waals surface area contributed by atoms with E-state index in [1.54, 1.807) is 0 Å². The first-order valence-corrected chi connectivity index (χ1v) is 15.6. The Kier molecular flexibility index (Phi) is 5.28. The quantitative estimate of drug-likeness (QED) is 0.203. The summed E-state index contributed by atoms with van der Waals surface area (Å²) in [5, 5.41) is 15.7. The van der Waals surface area contributed by atoms with Gasteiger partial charge in [-0.1, -0.05) is 66.7 Å². The van der Waals surface area contributed by atoms with E-state index in [0.717, 1.165) is 77.4 Å². The van der Waals surface area contributed by atoms with Gasteiger partial charge >= 0.3 is 0 Å². The van der Waals surface area contributed by atoms with E-state index in [9.17, 15) is 5.26 Å². The molecule has 10 rings (SSSR count). The average Bonchev–Trinajstić information content (AvgIpc) is 3.79. The summed E-state index contributed by atoms with van der Waals surface area (Å²) in [7, 11) is 0. The number of furan rings is 1. The molecule has 4 heterocycles. The van der Waals surface area contributed by atoms with Gasteiger partial charge in [0.2, 0.25) is 0 Å². The molecule has 0 aliphatic heterocycles. The molecule has 10 aromatic rings. The average molecular weight is 601 g/mol. The molecule has 0 atom stereocenters. The monoisotopic (exact) mass is 600 g/mol. The maximum absolute atomic E-state index is 10.2. The number of nitriles is 1. The second-order valence-corrected chi connectivity index (χ2v) is 11.9. The van der Waals surface area contributed by atoms with Crippen LogP contribution >= 0.6 is 0 Å². The normalized spacial score (nSPS) is 11.8. The van der Waals surface area contributed by atoms with Crippen LogP contribution in [0, 0.1) is 11.3 Å². The van der Waals surface area contributed by atoms with E-state index in [1.165, 1.54) is 10.8 Å². The number of rotatable bonds is 3. The third kappa shape index (κ3) is 3.67. The van der Waals surface area contributed by atoms with Crippen molar-refractivity contribution in [1.29, 1.82) is 5.26 Å². The van der Waals surface area contributed by atoms with Gasteiger partial charge in [0.05, 0.1) is 39.1 Å². The Balaban J connectivity index is 1.20. The summed E-state index contributed by atoms with van der Waals surface area (Å²) in [6.45, 7) is 0. The largest absolute Gasteiger partial charge is 0.455 e. The first kappa shape index (κ1) is 25.7. The molecule has 0 aliphatic carbocycles. The van der Waals surface area contributed by atoms with E-state index in [2.05, 4.69) is 118 Å². The van der Waals surface area contributed by atoms with Crippen molar-refractivity contribution in [3.8, 4) is 28.6 Å². The highest BCUT2D eigenvalue weighted by molar-refractivity contribution is 6.22.